The highest BCUT2D eigenvalue weighted by atomic mass is 16.5. The summed E-state index contributed by atoms with van der Waals surface area (Å²) in [6.07, 6.45) is 3.44. The summed E-state index contributed by atoms with van der Waals surface area (Å²) in [5, 5.41) is 0. The van der Waals surface area contributed by atoms with Crippen LogP contribution in [0.15, 0.2) is 0 Å². The SMILES string of the molecule is CCOCCC(=O)CC1CCCO1. The van der Waals surface area contributed by atoms with Gasteiger partial charge in [-0.15, -0.1) is 0 Å². The van der Waals surface area contributed by atoms with Gasteiger partial charge in [0.15, 0.2) is 0 Å². The molecule has 0 aliphatic carbocycles. The summed E-state index contributed by atoms with van der Waals surface area (Å²) in [5.41, 5.74) is 0. The molecule has 1 aliphatic rings. The third kappa shape index (κ3) is 4.39. The molecule has 1 fully saturated rings. The molecule has 0 N–H and O–H groups in total. The molecule has 1 rings (SSSR count). The van der Waals surface area contributed by atoms with Crippen molar-refractivity contribution in [2.45, 2.75) is 38.7 Å². The van der Waals surface area contributed by atoms with E-state index in [9.17, 15) is 4.79 Å². The van der Waals surface area contributed by atoms with E-state index in [2.05, 4.69) is 0 Å². The molecule has 0 aromatic carbocycles. The van der Waals surface area contributed by atoms with E-state index in [1.807, 2.05) is 6.92 Å². The Bertz CT molecular complexity index is 150. The summed E-state index contributed by atoms with van der Waals surface area (Å²) >= 11 is 0. The number of carbonyl (C=O) groups is 1. The number of carbonyl (C=O) groups excluding carboxylic acids is 1. The van der Waals surface area contributed by atoms with Crippen molar-refractivity contribution in [3.8, 4) is 0 Å². The fourth-order valence-corrected chi connectivity index (χ4v) is 1.49. The minimum absolute atomic E-state index is 0.189. The van der Waals surface area contributed by atoms with Crippen LogP contribution in [0.25, 0.3) is 0 Å². The molecular weight excluding hydrogens is 168 g/mol. The van der Waals surface area contributed by atoms with Crippen LogP contribution in [-0.4, -0.2) is 31.7 Å². The van der Waals surface area contributed by atoms with Crippen molar-refractivity contribution in [1.82, 2.24) is 0 Å². The topological polar surface area (TPSA) is 35.5 Å². The number of ketones is 1. The molecule has 3 nitrogen and oxygen atoms in total. The Morgan fingerprint density at radius 3 is 3.08 bits per heavy atom. The van der Waals surface area contributed by atoms with Crippen LogP contribution in [0.3, 0.4) is 0 Å². The minimum Gasteiger partial charge on any atom is -0.381 e. The molecule has 0 spiro atoms. The van der Waals surface area contributed by atoms with Gasteiger partial charge < -0.3 is 9.47 Å². The predicted octanol–water partition coefficient (Wildman–Crippen LogP) is 1.55. The van der Waals surface area contributed by atoms with Gasteiger partial charge in [0.05, 0.1) is 12.7 Å². The van der Waals surface area contributed by atoms with E-state index < -0.39 is 0 Å². The zero-order chi connectivity index (χ0) is 9.52. The van der Waals surface area contributed by atoms with Crippen molar-refractivity contribution in [3.63, 3.8) is 0 Å². The lowest BCUT2D eigenvalue weighted by Crippen LogP contribution is -2.13. The van der Waals surface area contributed by atoms with Crippen molar-refractivity contribution in [2.75, 3.05) is 19.8 Å². The highest BCUT2D eigenvalue weighted by molar-refractivity contribution is 5.78. The molecule has 0 aromatic heterocycles. The third-order valence-corrected chi connectivity index (χ3v) is 2.21. The van der Waals surface area contributed by atoms with Crippen LogP contribution in [0.5, 0.6) is 0 Å². The van der Waals surface area contributed by atoms with Gasteiger partial charge in [0.1, 0.15) is 5.78 Å². The molecule has 1 saturated heterocycles. The summed E-state index contributed by atoms with van der Waals surface area (Å²) < 4.78 is 10.5. The van der Waals surface area contributed by atoms with Crippen LogP contribution in [-0.2, 0) is 14.3 Å². The Morgan fingerprint density at radius 1 is 1.62 bits per heavy atom. The van der Waals surface area contributed by atoms with Gasteiger partial charge in [-0.05, 0) is 19.8 Å². The highest BCUT2D eigenvalue weighted by Crippen LogP contribution is 2.15. The van der Waals surface area contributed by atoms with Crippen LogP contribution in [0.4, 0.5) is 0 Å². The Morgan fingerprint density at radius 2 is 2.46 bits per heavy atom. The number of ether oxygens (including phenoxy) is 2. The maximum Gasteiger partial charge on any atom is 0.137 e. The Kier molecular flexibility index (Phi) is 5.01. The lowest BCUT2D eigenvalue weighted by molar-refractivity contribution is -0.122. The van der Waals surface area contributed by atoms with E-state index >= 15 is 0 Å². The van der Waals surface area contributed by atoms with Gasteiger partial charge in [0.25, 0.3) is 0 Å². The zero-order valence-corrected chi connectivity index (χ0v) is 8.25. The minimum atomic E-state index is 0.189. The average Bonchev–Trinajstić information content (AvgIpc) is 2.57. The van der Waals surface area contributed by atoms with Crippen LogP contribution >= 0.6 is 0 Å². The molecule has 13 heavy (non-hydrogen) atoms. The first-order chi connectivity index (χ1) is 6.33. The van der Waals surface area contributed by atoms with Gasteiger partial charge in [-0.25, -0.2) is 0 Å². The first-order valence-corrected chi connectivity index (χ1v) is 5.04. The lowest BCUT2D eigenvalue weighted by atomic mass is 10.1. The van der Waals surface area contributed by atoms with Gasteiger partial charge in [-0.3, -0.25) is 4.79 Å². The molecule has 0 radical (unpaired) electrons. The second-order valence-electron chi connectivity index (χ2n) is 3.32. The fourth-order valence-electron chi connectivity index (χ4n) is 1.49. The van der Waals surface area contributed by atoms with E-state index in [0.717, 1.165) is 19.4 Å². The van der Waals surface area contributed by atoms with Crippen molar-refractivity contribution < 1.29 is 14.3 Å². The van der Waals surface area contributed by atoms with E-state index in [-0.39, 0.29) is 11.9 Å². The van der Waals surface area contributed by atoms with Crippen LogP contribution in [0.2, 0.25) is 0 Å². The highest BCUT2D eigenvalue weighted by Gasteiger charge is 2.18. The second-order valence-corrected chi connectivity index (χ2v) is 3.32. The molecule has 0 saturated carbocycles. The molecule has 0 amide bonds. The Balaban J connectivity index is 2.02. The fraction of sp³-hybridized carbons (Fsp3) is 0.900. The van der Waals surface area contributed by atoms with E-state index in [0.29, 0.717) is 26.1 Å². The van der Waals surface area contributed by atoms with Crippen molar-refractivity contribution in [3.05, 3.63) is 0 Å². The third-order valence-electron chi connectivity index (χ3n) is 2.21. The standard InChI is InChI=1S/C10H18O3/c1-2-12-7-5-9(11)8-10-4-3-6-13-10/h10H,2-8H2,1H3. The second kappa shape index (κ2) is 6.11. The molecule has 1 atom stereocenters. The van der Waals surface area contributed by atoms with Crippen molar-refractivity contribution in [1.29, 1.82) is 0 Å². The summed E-state index contributed by atoms with van der Waals surface area (Å²) in [6.45, 7) is 4.00. The molecule has 1 unspecified atom stereocenters. The van der Waals surface area contributed by atoms with E-state index in [1.165, 1.54) is 0 Å². The van der Waals surface area contributed by atoms with Gasteiger partial charge in [-0.1, -0.05) is 0 Å². The first-order valence-electron chi connectivity index (χ1n) is 5.04. The molecule has 3 heteroatoms. The summed E-state index contributed by atoms with van der Waals surface area (Å²) in [5.74, 6) is 0.264. The summed E-state index contributed by atoms with van der Waals surface area (Å²) in [4.78, 5) is 11.3. The van der Waals surface area contributed by atoms with Crippen LogP contribution < -0.4 is 0 Å². The normalized spacial score (nSPS) is 22.1. The van der Waals surface area contributed by atoms with Gasteiger partial charge in [0, 0.05) is 26.1 Å². The number of hydrogen-bond acceptors (Lipinski definition) is 3. The molecular formula is C10H18O3. The van der Waals surface area contributed by atoms with Gasteiger partial charge in [-0.2, -0.15) is 0 Å². The van der Waals surface area contributed by atoms with Crippen molar-refractivity contribution in [2.24, 2.45) is 0 Å². The monoisotopic (exact) mass is 186 g/mol. The Hall–Kier alpha value is -0.410. The zero-order valence-electron chi connectivity index (χ0n) is 8.25. The largest absolute Gasteiger partial charge is 0.381 e. The quantitative estimate of drug-likeness (QED) is 0.590. The lowest BCUT2D eigenvalue weighted by Gasteiger charge is -2.07. The molecule has 1 heterocycles. The van der Waals surface area contributed by atoms with E-state index in [4.69, 9.17) is 9.47 Å². The molecule has 76 valence electrons. The molecule has 0 aromatic rings. The average molecular weight is 186 g/mol. The van der Waals surface area contributed by atoms with Gasteiger partial charge in [0.2, 0.25) is 0 Å². The first kappa shape index (κ1) is 10.7. The van der Waals surface area contributed by atoms with E-state index in [1.54, 1.807) is 0 Å². The molecule has 0 bridgehead atoms. The number of hydrogen-bond donors (Lipinski definition) is 0. The number of Topliss-reactive ketones (excluding diaryl/α,β-unsaturated/α-hetero) is 1. The van der Waals surface area contributed by atoms with Crippen LogP contribution in [0, 0.1) is 0 Å². The smallest absolute Gasteiger partial charge is 0.137 e. The maximum atomic E-state index is 11.3. The summed E-state index contributed by atoms with van der Waals surface area (Å²) in [6, 6.07) is 0. The summed E-state index contributed by atoms with van der Waals surface area (Å²) in [7, 11) is 0. The Labute approximate surface area is 79.4 Å². The van der Waals surface area contributed by atoms with Crippen molar-refractivity contribution >= 4 is 5.78 Å². The maximum absolute atomic E-state index is 11.3. The van der Waals surface area contributed by atoms with Gasteiger partial charge >= 0.3 is 0 Å². The predicted molar refractivity (Wildman–Crippen MR) is 49.7 cm³/mol. The van der Waals surface area contributed by atoms with Crippen LogP contribution in [0.1, 0.15) is 32.6 Å². The molecule has 1 aliphatic heterocycles. The number of rotatable bonds is 6.